The quantitative estimate of drug-likeness (QED) is 0.883. The zero-order valence-electron chi connectivity index (χ0n) is 14.9. The smallest absolute Gasteiger partial charge is 0.126 e. The predicted octanol–water partition coefficient (Wildman–Crippen LogP) is 3.43. The molecule has 1 N–H and O–H groups in total. The van der Waals surface area contributed by atoms with Crippen LogP contribution in [0.5, 0.6) is 0 Å². The van der Waals surface area contributed by atoms with Gasteiger partial charge in [0, 0.05) is 25.1 Å². The SMILES string of the molecule is CN(C)Cc1nc(NCc2ccccc2)ccc1C1(C)CCOC1. The fourth-order valence-corrected chi connectivity index (χ4v) is 3.24. The average Bonchev–Trinajstić information content (AvgIpc) is 3.01. The van der Waals surface area contributed by atoms with Crippen LogP contribution in [0.25, 0.3) is 0 Å². The van der Waals surface area contributed by atoms with Crippen LogP contribution in [0, 0.1) is 0 Å². The van der Waals surface area contributed by atoms with Crippen molar-refractivity contribution in [3.63, 3.8) is 0 Å². The fourth-order valence-electron chi connectivity index (χ4n) is 3.24. The lowest BCUT2D eigenvalue weighted by molar-refractivity contribution is 0.180. The highest BCUT2D eigenvalue weighted by Gasteiger charge is 2.34. The summed E-state index contributed by atoms with van der Waals surface area (Å²) in [7, 11) is 4.17. The summed E-state index contributed by atoms with van der Waals surface area (Å²) in [4.78, 5) is 7.08. The first-order valence-corrected chi connectivity index (χ1v) is 8.57. The van der Waals surface area contributed by atoms with Gasteiger partial charge in [0.05, 0.1) is 12.3 Å². The van der Waals surface area contributed by atoms with E-state index in [4.69, 9.17) is 9.72 Å². The van der Waals surface area contributed by atoms with E-state index in [2.05, 4.69) is 67.6 Å². The number of rotatable bonds is 6. The Bertz CT molecular complexity index is 664. The molecular weight excluding hydrogens is 298 g/mol. The number of hydrogen-bond acceptors (Lipinski definition) is 4. The summed E-state index contributed by atoms with van der Waals surface area (Å²) in [6, 6.07) is 14.7. The first kappa shape index (κ1) is 16.9. The molecule has 2 heterocycles. The van der Waals surface area contributed by atoms with Gasteiger partial charge in [0.2, 0.25) is 0 Å². The molecule has 1 aromatic heterocycles. The molecule has 1 aliphatic heterocycles. The molecule has 0 spiro atoms. The summed E-state index contributed by atoms with van der Waals surface area (Å²) in [5, 5.41) is 3.44. The van der Waals surface area contributed by atoms with Crippen molar-refractivity contribution in [2.75, 3.05) is 32.6 Å². The van der Waals surface area contributed by atoms with Gasteiger partial charge in [-0.1, -0.05) is 43.3 Å². The minimum Gasteiger partial charge on any atom is -0.380 e. The molecule has 3 rings (SSSR count). The van der Waals surface area contributed by atoms with Gasteiger partial charge < -0.3 is 15.0 Å². The van der Waals surface area contributed by atoms with Gasteiger partial charge >= 0.3 is 0 Å². The monoisotopic (exact) mass is 325 g/mol. The molecule has 24 heavy (non-hydrogen) atoms. The minimum absolute atomic E-state index is 0.0797. The predicted molar refractivity (Wildman–Crippen MR) is 98.2 cm³/mol. The van der Waals surface area contributed by atoms with Gasteiger partial charge in [-0.15, -0.1) is 0 Å². The summed E-state index contributed by atoms with van der Waals surface area (Å²) < 4.78 is 5.65. The lowest BCUT2D eigenvalue weighted by atomic mass is 9.81. The molecule has 0 amide bonds. The van der Waals surface area contributed by atoms with Gasteiger partial charge in [0.15, 0.2) is 0 Å². The number of anilines is 1. The van der Waals surface area contributed by atoms with E-state index < -0.39 is 0 Å². The third-order valence-corrected chi connectivity index (χ3v) is 4.63. The molecule has 4 nitrogen and oxygen atoms in total. The lowest BCUT2D eigenvalue weighted by Crippen LogP contribution is -2.26. The Morgan fingerprint density at radius 3 is 2.62 bits per heavy atom. The molecule has 4 heteroatoms. The Morgan fingerprint density at radius 2 is 1.96 bits per heavy atom. The van der Waals surface area contributed by atoms with Crippen molar-refractivity contribution in [1.82, 2.24) is 9.88 Å². The van der Waals surface area contributed by atoms with E-state index >= 15 is 0 Å². The molecule has 0 aliphatic carbocycles. The third kappa shape index (κ3) is 3.94. The van der Waals surface area contributed by atoms with Gasteiger partial charge in [-0.25, -0.2) is 4.98 Å². The Balaban J connectivity index is 1.81. The van der Waals surface area contributed by atoms with E-state index in [1.54, 1.807) is 0 Å². The van der Waals surface area contributed by atoms with E-state index in [-0.39, 0.29) is 5.41 Å². The lowest BCUT2D eigenvalue weighted by Gasteiger charge is -2.26. The first-order valence-electron chi connectivity index (χ1n) is 8.57. The average molecular weight is 325 g/mol. The normalized spacial score (nSPS) is 20.5. The van der Waals surface area contributed by atoms with E-state index in [0.717, 1.165) is 44.2 Å². The Kier molecular flexibility index (Phi) is 5.17. The zero-order valence-corrected chi connectivity index (χ0v) is 14.9. The molecule has 1 fully saturated rings. The van der Waals surface area contributed by atoms with E-state index in [0.29, 0.717) is 0 Å². The summed E-state index contributed by atoms with van der Waals surface area (Å²) in [6.07, 6.45) is 1.06. The number of nitrogens with one attached hydrogen (secondary N) is 1. The van der Waals surface area contributed by atoms with Crippen LogP contribution >= 0.6 is 0 Å². The molecule has 128 valence electrons. The minimum atomic E-state index is 0.0797. The van der Waals surface area contributed by atoms with Crippen molar-refractivity contribution in [1.29, 1.82) is 0 Å². The first-order chi connectivity index (χ1) is 11.6. The van der Waals surface area contributed by atoms with Crippen LogP contribution in [0.4, 0.5) is 5.82 Å². The van der Waals surface area contributed by atoms with E-state index in [1.165, 1.54) is 11.1 Å². The van der Waals surface area contributed by atoms with Crippen molar-refractivity contribution in [3.05, 3.63) is 59.3 Å². The fraction of sp³-hybridized carbons (Fsp3) is 0.450. The molecule has 0 radical (unpaired) electrons. The highest BCUT2D eigenvalue weighted by atomic mass is 16.5. The van der Waals surface area contributed by atoms with Crippen LogP contribution < -0.4 is 5.32 Å². The van der Waals surface area contributed by atoms with Gasteiger partial charge in [-0.2, -0.15) is 0 Å². The van der Waals surface area contributed by atoms with Gasteiger partial charge in [-0.3, -0.25) is 0 Å². The second-order valence-electron chi connectivity index (χ2n) is 7.13. The summed E-state index contributed by atoms with van der Waals surface area (Å²) >= 11 is 0. The second-order valence-corrected chi connectivity index (χ2v) is 7.13. The molecule has 1 aliphatic rings. The maximum Gasteiger partial charge on any atom is 0.126 e. The largest absolute Gasteiger partial charge is 0.380 e. The summed E-state index contributed by atoms with van der Waals surface area (Å²) in [5.41, 5.74) is 3.80. The number of benzene rings is 1. The summed E-state index contributed by atoms with van der Waals surface area (Å²) in [5.74, 6) is 0.932. The highest BCUT2D eigenvalue weighted by molar-refractivity contribution is 5.42. The van der Waals surface area contributed by atoms with Crippen molar-refractivity contribution in [2.24, 2.45) is 0 Å². The molecule has 1 saturated heterocycles. The van der Waals surface area contributed by atoms with Gasteiger partial charge in [-0.05, 0) is 37.7 Å². The van der Waals surface area contributed by atoms with Crippen LogP contribution in [0.1, 0.15) is 30.2 Å². The topological polar surface area (TPSA) is 37.4 Å². The van der Waals surface area contributed by atoms with Crippen LogP contribution in [0.15, 0.2) is 42.5 Å². The Hall–Kier alpha value is -1.91. The standard InChI is InChI=1S/C20H27N3O/c1-20(11-12-24-15-20)17-9-10-19(22-18(17)14-23(2)3)21-13-16-7-5-4-6-8-16/h4-10H,11-15H2,1-3H3,(H,21,22). The molecule has 0 saturated carbocycles. The van der Waals surface area contributed by atoms with Crippen LogP contribution in [-0.4, -0.2) is 37.2 Å². The Morgan fingerprint density at radius 1 is 1.17 bits per heavy atom. The van der Waals surface area contributed by atoms with E-state index in [9.17, 15) is 0 Å². The molecular formula is C20H27N3O. The zero-order chi connectivity index (χ0) is 17.0. The number of hydrogen-bond donors (Lipinski definition) is 1. The highest BCUT2D eigenvalue weighted by Crippen LogP contribution is 2.35. The molecule has 1 unspecified atom stereocenters. The number of nitrogens with zero attached hydrogens (tertiary/aromatic N) is 2. The number of aromatic nitrogens is 1. The van der Waals surface area contributed by atoms with Crippen LogP contribution in [0.3, 0.4) is 0 Å². The van der Waals surface area contributed by atoms with Gasteiger partial charge in [0.25, 0.3) is 0 Å². The molecule has 2 aromatic rings. The molecule has 0 bridgehead atoms. The molecule has 1 atom stereocenters. The second kappa shape index (κ2) is 7.32. The van der Waals surface area contributed by atoms with Crippen molar-refractivity contribution in [2.45, 2.75) is 31.8 Å². The summed E-state index contributed by atoms with van der Waals surface area (Å²) in [6.45, 7) is 5.53. The van der Waals surface area contributed by atoms with Crippen molar-refractivity contribution < 1.29 is 4.74 Å². The third-order valence-electron chi connectivity index (χ3n) is 4.63. The van der Waals surface area contributed by atoms with Crippen LogP contribution in [0.2, 0.25) is 0 Å². The van der Waals surface area contributed by atoms with Crippen molar-refractivity contribution in [3.8, 4) is 0 Å². The Labute approximate surface area is 144 Å². The van der Waals surface area contributed by atoms with E-state index in [1.807, 2.05) is 6.07 Å². The van der Waals surface area contributed by atoms with Gasteiger partial charge in [0.1, 0.15) is 5.82 Å². The van der Waals surface area contributed by atoms with Crippen LogP contribution in [-0.2, 0) is 23.2 Å². The number of ether oxygens (including phenoxy) is 1. The molecule has 1 aromatic carbocycles. The maximum atomic E-state index is 5.65. The number of pyridine rings is 1. The van der Waals surface area contributed by atoms with Crippen molar-refractivity contribution >= 4 is 5.82 Å². The maximum absolute atomic E-state index is 5.65.